The fourth-order valence-corrected chi connectivity index (χ4v) is 2.83. The first-order chi connectivity index (χ1) is 14.2. The molecule has 2 aromatic rings. The fraction of sp³-hybridized carbons (Fsp3) is 0.286. The monoisotopic (exact) mass is 421 g/mol. The van der Waals surface area contributed by atoms with Gasteiger partial charge in [-0.25, -0.2) is 0 Å². The van der Waals surface area contributed by atoms with E-state index in [4.69, 9.17) is 9.68 Å². The average Bonchev–Trinajstić information content (AvgIpc) is 2.72. The van der Waals surface area contributed by atoms with Crippen molar-refractivity contribution in [2.75, 3.05) is 14.2 Å². The van der Waals surface area contributed by atoms with Crippen molar-refractivity contribution in [3.63, 3.8) is 0 Å². The van der Waals surface area contributed by atoms with Crippen LogP contribution in [-0.2, 0) is 27.3 Å². The van der Waals surface area contributed by atoms with Crippen molar-refractivity contribution in [3.05, 3.63) is 70.3 Å². The molecule has 160 valence electrons. The maximum Gasteiger partial charge on any atom is 0.417 e. The van der Waals surface area contributed by atoms with E-state index in [1.165, 1.54) is 39.3 Å². The molecule has 0 heterocycles. The number of carbonyl (C=O) groups is 1. The first kappa shape index (κ1) is 22.9. The standard InChI is InChI=1S/C21H22F3N3O3/c1-13-8-7-10-16(19(27-29-4)20(28)25-3)17(13)12-30-26-14(2)15-9-5-6-11-18(15)21(22,23)24/h5-11H,12H2,1-4H3,(H,25,28)/b26-14+,27-19+. The topological polar surface area (TPSA) is 72.3 Å². The lowest BCUT2D eigenvalue weighted by atomic mass is 9.98. The summed E-state index contributed by atoms with van der Waals surface area (Å²) in [6.45, 7) is 3.17. The molecule has 0 aliphatic heterocycles. The van der Waals surface area contributed by atoms with E-state index >= 15 is 0 Å². The number of aryl methyl sites for hydroxylation is 1. The molecule has 0 saturated heterocycles. The molecule has 0 spiro atoms. The molecule has 0 aliphatic rings. The van der Waals surface area contributed by atoms with Gasteiger partial charge in [0.2, 0.25) is 0 Å². The summed E-state index contributed by atoms with van der Waals surface area (Å²) in [6.07, 6.45) is -4.50. The van der Waals surface area contributed by atoms with Crippen LogP contribution in [0, 0.1) is 6.92 Å². The van der Waals surface area contributed by atoms with E-state index in [2.05, 4.69) is 15.6 Å². The Hall–Kier alpha value is -3.36. The number of nitrogens with one attached hydrogen (secondary N) is 1. The zero-order valence-corrected chi connectivity index (χ0v) is 17.0. The van der Waals surface area contributed by atoms with Gasteiger partial charge in [-0.3, -0.25) is 4.79 Å². The predicted octanol–water partition coefficient (Wildman–Crippen LogP) is 4.05. The summed E-state index contributed by atoms with van der Waals surface area (Å²) < 4.78 is 39.6. The van der Waals surface area contributed by atoms with Crippen LogP contribution in [0.5, 0.6) is 0 Å². The Morgan fingerprint density at radius 1 is 1.07 bits per heavy atom. The Morgan fingerprint density at radius 2 is 1.73 bits per heavy atom. The molecule has 1 N–H and O–H groups in total. The number of nitrogens with zero attached hydrogens (tertiary/aromatic N) is 2. The molecule has 30 heavy (non-hydrogen) atoms. The third kappa shape index (κ3) is 5.37. The lowest BCUT2D eigenvalue weighted by Crippen LogP contribution is -2.29. The van der Waals surface area contributed by atoms with E-state index < -0.39 is 17.6 Å². The Kier molecular flexibility index (Phi) is 7.57. The number of halogens is 3. The summed E-state index contributed by atoms with van der Waals surface area (Å²) >= 11 is 0. The molecule has 0 saturated carbocycles. The molecular formula is C21H22F3N3O3. The van der Waals surface area contributed by atoms with Gasteiger partial charge in [-0.1, -0.05) is 46.7 Å². The van der Waals surface area contributed by atoms with Gasteiger partial charge in [0, 0.05) is 23.7 Å². The van der Waals surface area contributed by atoms with Gasteiger partial charge in [0.05, 0.1) is 11.3 Å². The van der Waals surface area contributed by atoms with E-state index in [1.54, 1.807) is 12.1 Å². The number of likely N-dealkylation sites (N-methyl/N-ethyl adjacent to an activating group) is 1. The molecule has 0 atom stereocenters. The number of oxime groups is 2. The van der Waals surface area contributed by atoms with Crippen LogP contribution in [0.25, 0.3) is 0 Å². The third-order valence-corrected chi connectivity index (χ3v) is 4.32. The Morgan fingerprint density at radius 3 is 2.37 bits per heavy atom. The molecule has 0 bridgehead atoms. The summed E-state index contributed by atoms with van der Waals surface area (Å²) in [5.41, 5.74) is 1.14. The highest BCUT2D eigenvalue weighted by Crippen LogP contribution is 2.32. The molecule has 2 aromatic carbocycles. The number of alkyl halides is 3. The van der Waals surface area contributed by atoms with Gasteiger partial charge in [0.1, 0.15) is 13.7 Å². The Bertz CT molecular complexity index is 969. The zero-order chi connectivity index (χ0) is 22.3. The van der Waals surface area contributed by atoms with Gasteiger partial charge in [-0.15, -0.1) is 0 Å². The van der Waals surface area contributed by atoms with Gasteiger partial charge < -0.3 is 15.0 Å². The van der Waals surface area contributed by atoms with Gasteiger partial charge >= 0.3 is 6.18 Å². The minimum absolute atomic E-state index is 0.0467. The summed E-state index contributed by atoms with van der Waals surface area (Å²) in [4.78, 5) is 22.3. The molecule has 1 amide bonds. The minimum Gasteiger partial charge on any atom is -0.398 e. The maximum atomic E-state index is 13.2. The second-order valence-electron chi connectivity index (χ2n) is 6.30. The van der Waals surface area contributed by atoms with E-state index in [1.807, 2.05) is 13.0 Å². The van der Waals surface area contributed by atoms with Crippen molar-refractivity contribution in [2.24, 2.45) is 10.3 Å². The van der Waals surface area contributed by atoms with Crippen LogP contribution >= 0.6 is 0 Å². The fourth-order valence-electron chi connectivity index (χ4n) is 2.83. The maximum absolute atomic E-state index is 13.2. The molecular weight excluding hydrogens is 399 g/mol. The summed E-state index contributed by atoms with van der Waals surface area (Å²) in [7, 11) is 2.78. The number of rotatable bonds is 7. The van der Waals surface area contributed by atoms with E-state index in [-0.39, 0.29) is 23.6 Å². The van der Waals surface area contributed by atoms with E-state index in [0.717, 1.165) is 11.6 Å². The first-order valence-electron chi connectivity index (χ1n) is 8.96. The highest BCUT2D eigenvalue weighted by atomic mass is 19.4. The predicted molar refractivity (Wildman–Crippen MR) is 107 cm³/mol. The number of benzene rings is 2. The van der Waals surface area contributed by atoms with Crippen molar-refractivity contribution in [2.45, 2.75) is 26.6 Å². The molecule has 2 rings (SSSR count). The number of hydrogen-bond acceptors (Lipinski definition) is 5. The van der Waals surface area contributed by atoms with Gasteiger partial charge in [0.25, 0.3) is 5.91 Å². The second-order valence-corrected chi connectivity index (χ2v) is 6.30. The van der Waals surface area contributed by atoms with E-state index in [9.17, 15) is 18.0 Å². The third-order valence-electron chi connectivity index (χ3n) is 4.32. The van der Waals surface area contributed by atoms with Crippen LogP contribution in [0.4, 0.5) is 13.2 Å². The van der Waals surface area contributed by atoms with Gasteiger partial charge in [0.15, 0.2) is 5.71 Å². The summed E-state index contributed by atoms with van der Waals surface area (Å²) in [5.74, 6) is -0.456. The highest BCUT2D eigenvalue weighted by molar-refractivity contribution is 6.45. The normalized spacial score (nSPS) is 12.5. The smallest absolute Gasteiger partial charge is 0.398 e. The Labute approximate surface area is 172 Å². The molecule has 6 nitrogen and oxygen atoms in total. The Balaban J connectivity index is 2.33. The molecule has 0 aromatic heterocycles. The quantitative estimate of drug-likeness (QED) is 0.542. The van der Waals surface area contributed by atoms with Gasteiger partial charge in [-0.2, -0.15) is 13.2 Å². The van der Waals surface area contributed by atoms with Crippen molar-refractivity contribution in [3.8, 4) is 0 Å². The molecule has 0 fully saturated rings. The molecule has 9 heteroatoms. The lowest BCUT2D eigenvalue weighted by Gasteiger charge is -2.14. The highest BCUT2D eigenvalue weighted by Gasteiger charge is 2.33. The number of carbonyl (C=O) groups excluding carboxylic acids is 1. The summed E-state index contributed by atoms with van der Waals surface area (Å²) in [5, 5.41) is 10.1. The van der Waals surface area contributed by atoms with Crippen LogP contribution in [0.1, 0.15) is 34.7 Å². The van der Waals surface area contributed by atoms with Gasteiger partial charge in [-0.05, 0) is 25.5 Å². The number of amides is 1. The first-order valence-corrected chi connectivity index (χ1v) is 8.96. The average molecular weight is 421 g/mol. The van der Waals surface area contributed by atoms with Crippen LogP contribution < -0.4 is 5.32 Å². The van der Waals surface area contributed by atoms with Crippen LogP contribution in [0.3, 0.4) is 0 Å². The number of hydrogen-bond donors (Lipinski definition) is 1. The van der Waals surface area contributed by atoms with Crippen molar-refractivity contribution < 1.29 is 27.6 Å². The molecule has 0 radical (unpaired) electrons. The van der Waals surface area contributed by atoms with E-state index in [0.29, 0.717) is 11.1 Å². The van der Waals surface area contributed by atoms with Crippen molar-refractivity contribution in [1.82, 2.24) is 5.32 Å². The SMILES string of the molecule is CNC(=O)/C(=N/OC)c1cccc(C)c1CO/N=C(\C)c1ccccc1C(F)(F)F. The molecule has 0 unspecified atom stereocenters. The van der Waals surface area contributed by atoms with Crippen molar-refractivity contribution in [1.29, 1.82) is 0 Å². The van der Waals surface area contributed by atoms with Crippen LogP contribution in [0.15, 0.2) is 52.8 Å². The lowest BCUT2D eigenvalue weighted by molar-refractivity contribution is -0.137. The molecule has 0 aliphatic carbocycles. The minimum atomic E-state index is -4.50. The van der Waals surface area contributed by atoms with Crippen LogP contribution in [0.2, 0.25) is 0 Å². The second kappa shape index (κ2) is 9.91. The summed E-state index contributed by atoms with van der Waals surface area (Å²) in [6, 6.07) is 10.4. The van der Waals surface area contributed by atoms with Crippen LogP contribution in [-0.4, -0.2) is 31.5 Å². The van der Waals surface area contributed by atoms with Crippen molar-refractivity contribution >= 4 is 17.3 Å². The zero-order valence-electron chi connectivity index (χ0n) is 17.0. The largest absolute Gasteiger partial charge is 0.417 e.